The van der Waals surface area contributed by atoms with Crippen LogP contribution in [-0.2, 0) is 0 Å². The average Bonchev–Trinajstić information content (AvgIpc) is 3.40. The van der Waals surface area contributed by atoms with Crippen molar-refractivity contribution in [2.45, 2.75) is 111 Å². The van der Waals surface area contributed by atoms with E-state index in [1.807, 2.05) is 0 Å². The minimum atomic E-state index is 0. The van der Waals surface area contributed by atoms with Crippen LogP contribution in [-0.4, -0.2) is 63.1 Å². The Kier molecular flexibility index (Phi) is 10.5. The highest BCUT2D eigenvalue weighted by atomic mass is 32.1. The first kappa shape index (κ1) is 31.5. The van der Waals surface area contributed by atoms with E-state index in [1.165, 1.54) is 57.3 Å². The molecule has 2 aliphatic rings. The van der Waals surface area contributed by atoms with Crippen molar-refractivity contribution in [3.63, 3.8) is 0 Å². The number of fused-ring (bicyclic) bond motifs is 2. The Morgan fingerprint density at radius 2 is 1.10 bits per heavy atom. The van der Waals surface area contributed by atoms with Crippen LogP contribution in [0.5, 0.6) is 0 Å². The van der Waals surface area contributed by atoms with E-state index < -0.39 is 0 Å². The number of nitrogens with zero attached hydrogens (tertiary/aromatic N) is 5. The van der Waals surface area contributed by atoms with Crippen molar-refractivity contribution in [3.05, 3.63) is 33.5 Å². The summed E-state index contributed by atoms with van der Waals surface area (Å²) in [5, 5.41) is 9.68. The van der Waals surface area contributed by atoms with Gasteiger partial charge >= 0.3 is 0 Å². The van der Waals surface area contributed by atoms with E-state index in [9.17, 15) is 0 Å². The highest BCUT2D eigenvalue weighted by Crippen LogP contribution is 2.35. The van der Waals surface area contributed by atoms with E-state index in [0.717, 1.165) is 53.0 Å². The number of rotatable bonds is 5. The van der Waals surface area contributed by atoms with Gasteiger partial charge < -0.3 is 21.3 Å². The Hall–Kier alpha value is -2.40. The largest absolute Gasteiger partial charge is 0.367 e. The predicted octanol–water partition coefficient (Wildman–Crippen LogP) is 7.22. The molecule has 0 bridgehead atoms. The fourth-order valence-electron chi connectivity index (χ4n) is 5.97. The second-order valence-corrected chi connectivity index (χ2v) is 14.1. The molecule has 41 heavy (non-hydrogen) atoms. The Bertz CT molecular complexity index is 1430. The lowest BCUT2D eigenvalue weighted by molar-refractivity contribution is 0.221. The van der Waals surface area contributed by atoms with Crippen LogP contribution >= 0.6 is 22.7 Å². The van der Waals surface area contributed by atoms with Crippen LogP contribution in [0.1, 0.15) is 79.7 Å². The van der Waals surface area contributed by atoms with Crippen molar-refractivity contribution in [2.75, 3.05) is 24.7 Å². The van der Waals surface area contributed by atoms with E-state index >= 15 is 0 Å². The lowest BCUT2D eigenvalue weighted by atomic mass is 9.90. The molecule has 4 N–H and O–H groups in total. The fourth-order valence-corrected chi connectivity index (χ4v) is 7.96. The van der Waals surface area contributed by atoms with Gasteiger partial charge in [-0.05, 0) is 104 Å². The number of hydrogen-bond donors (Lipinski definition) is 3. The summed E-state index contributed by atoms with van der Waals surface area (Å²) >= 11 is 3.51. The van der Waals surface area contributed by atoms with Crippen LogP contribution in [0.3, 0.4) is 0 Å². The number of aromatic nitrogens is 4. The topological polar surface area (TPSA) is 105 Å². The van der Waals surface area contributed by atoms with Crippen molar-refractivity contribution in [1.82, 2.24) is 24.8 Å². The maximum Gasteiger partial charge on any atom is 0.138 e. The molecule has 0 aromatic carbocycles. The van der Waals surface area contributed by atoms with Gasteiger partial charge in [0.1, 0.15) is 34.0 Å². The minimum absolute atomic E-state index is 0. The van der Waals surface area contributed by atoms with E-state index in [-0.39, 0.29) is 7.43 Å². The van der Waals surface area contributed by atoms with E-state index in [0.29, 0.717) is 18.1 Å². The summed E-state index contributed by atoms with van der Waals surface area (Å²) in [7, 11) is 4.37. The highest BCUT2D eigenvalue weighted by Gasteiger charge is 2.24. The van der Waals surface area contributed by atoms with Crippen LogP contribution in [0, 0.1) is 27.7 Å². The first-order valence-corrected chi connectivity index (χ1v) is 16.2. The first-order valence-electron chi connectivity index (χ1n) is 14.6. The van der Waals surface area contributed by atoms with Crippen molar-refractivity contribution in [1.29, 1.82) is 0 Å². The maximum atomic E-state index is 5.96. The smallest absolute Gasteiger partial charge is 0.138 e. The van der Waals surface area contributed by atoms with Crippen molar-refractivity contribution < 1.29 is 0 Å². The van der Waals surface area contributed by atoms with Crippen LogP contribution in [0.2, 0.25) is 0 Å². The molecule has 2 fully saturated rings. The Morgan fingerprint density at radius 3 is 1.51 bits per heavy atom. The average molecular weight is 597 g/mol. The minimum Gasteiger partial charge on any atom is -0.367 e. The van der Waals surface area contributed by atoms with E-state index in [4.69, 9.17) is 5.73 Å². The molecule has 0 spiro atoms. The molecular weight excluding hydrogens is 549 g/mol. The van der Waals surface area contributed by atoms with Crippen molar-refractivity contribution in [2.24, 2.45) is 5.73 Å². The molecule has 224 valence electrons. The SMILES string of the molecule is C.Cc1sc2ncnc(NC3CCC(N(C)C)CC3)c2c1C.Cc1sc2ncnc(NC3CCC(N)CC3)c2c1C. The molecule has 0 unspecified atom stereocenters. The molecule has 6 rings (SSSR count). The lowest BCUT2D eigenvalue weighted by Gasteiger charge is -2.33. The summed E-state index contributed by atoms with van der Waals surface area (Å²) < 4.78 is 0. The molecule has 4 heterocycles. The monoisotopic (exact) mass is 596 g/mol. The molecule has 10 heteroatoms. The van der Waals surface area contributed by atoms with Gasteiger partial charge in [0, 0.05) is 33.9 Å². The number of nitrogens with two attached hydrogens (primary N) is 1. The molecular formula is C31H48N8S2. The standard InChI is InChI=1S/C16H24N4S.C14H20N4S.CH4/c1-10-11(2)21-16-14(10)15(17-9-18-16)19-12-5-7-13(8-6-12)20(3)4;1-8-9(2)19-14-12(8)13(16-7-17-14)18-11-5-3-10(15)4-6-11;/h9,12-13H,5-8H2,1-4H3,(H,17,18,19);7,10-11H,3-6,15H2,1-2H3,(H,16,17,18);1H4. The van der Waals surface area contributed by atoms with Gasteiger partial charge in [-0.3, -0.25) is 0 Å². The summed E-state index contributed by atoms with van der Waals surface area (Å²) in [4.78, 5) is 24.9. The summed E-state index contributed by atoms with van der Waals surface area (Å²) in [5.74, 6) is 2.02. The summed E-state index contributed by atoms with van der Waals surface area (Å²) in [6.07, 6.45) is 12.8. The summed E-state index contributed by atoms with van der Waals surface area (Å²) in [5.41, 5.74) is 8.58. The molecule has 0 radical (unpaired) electrons. The molecule has 4 aromatic rings. The van der Waals surface area contributed by atoms with Gasteiger partial charge in [0.05, 0.1) is 10.8 Å². The third-order valence-electron chi connectivity index (χ3n) is 8.81. The third kappa shape index (κ3) is 7.16. The van der Waals surface area contributed by atoms with Crippen LogP contribution in [0.25, 0.3) is 20.4 Å². The van der Waals surface area contributed by atoms with Gasteiger partial charge in [-0.2, -0.15) is 0 Å². The van der Waals surface area contributed by atoms with Crippen LogP contribution < -0.4 is 16.4 Å². The zero-order valence-electron chi connectivity index (χ0n) is 24.8. The van der Waals surface area contributed by atoms with Gasteiger partial charge in [0.25, 0.3) is 0 Å². The van der Waals surface area contributed by atoms with Gasteiger partial charge in [-0.1, -0.05) is 7.43 Å². The summed E-state index contributed by atoms with van der Waals surface area (Å²) in [6.45, 7) is 8.63. The van der Waals surface area contributed by atoms with Crippen LogP contribution in [0.15, 0.2) is 12.7 Å². The first-order chi connectivity index (χ1) is 19.2. The molecule has 2 aliphatic carbocycles. The quantitative estimate of drug-likeness (QED) is 0.222. The van der Waals surface area contributed by atoms with E-state index in [1.54, 1.807) is 35.3 Å². The van der Waals surface area contributed by atoms with Crippen LogP contribution in [0.4, 0.5) is 11.6 Å². The van der Waals surface area contributed by atoms with Gasteiger partial charge in [0.15, 0.2) is 0 Å². The fraction of sp³-hybridized carbons (Fsp3) is 0.613. The molecule has 0 atom stereocenters. The lowest BCUT2D eigenvalue weighted by Crippen LogP contribution is -2.36. The zero-order valence-corrected chi connectivity index (χ0v) is 26.4. The normalized spacial score (nSPS) is 22.7. The number of nitrogens with one attached hydrogen (secondary N) is 2. The number of anilines is 2. The Labute approximate surface area is 253 Å². The van der Waals surface area contributed by atoms with Crippen molar-refractivity contribution >= 4 is 54.7 Å². The van der Waals surface area contributed by atoms with Crippen molar-refractivity contribution in [3.8, 4) is 0 Å². The maximum absolute atomic E-state index is 5.96. The third-order valence-corrected chi connectivity index (χ3v) is 11.0. The second-order valence-electron chi connectivity index (χ2n) is 11.7. The number of thiophene rings is 2. The molecule has 4 aromatic heterocycles. The van der Waals surface area contributed by atoms with Gasteiger partial charge in [-0.15, -0.1) is 22.7 Å². The predicted molar refractivity (Wildman–Crippen MR) is 178 cm³/mol. The molecule has 0 saturated heterocycles. The Morgan fingerprint density at radius 1 is 0.683 bits per heavy atom. The molecule has 0 aliphatic heterocycles. The van der Waals surface area contributed by atoms with Gasteiger partial charge in [0.2, 0.25) is 0 Å². The van der Waals surface area contributed by atoms with E-state index in [2.05, 4.69) is 77.3 Å². The second kappa shape index (κ2) is 13.7. The Balaban J connectivity index is 0.000000185. The molecule has 2 saturated carbocycles. The molecule has 8 nitrogen and oxygen atoms in total. The molecule has 0 amide bonds. The number of hydrogen-bond acceptors (Lipinski definition) is 10. The highest BCUT2D eigenvalue weighted by molar-refractivity contribution is 7.19. The van der Waals surface area contributed by atoms with Gasteiger partial charge in [-0.25, -0.2) is 19.9 Å². The number of aryl methyl sites for hydroxylation is 4. The summed E-state index contributed by atoms with van der Waals surface area (Å²) in [6, 6.07) is 2.16. The zero-order chi connectivity index (χ0) is 28.4.